The van der Waals surface area contributed by atoms with Crippen LogP contribution in [0.25, 0.3) is 11.2 Å². The van der Waals surface area contributed by atoms with Crippen LogP contribution < -0.4 is 0 Å². The summed E-state index contributed by atoms with van der Waals surface area (Å²) in [5.41, 5.74) is 3.92. The molecule has 110 valence electrons. The lowest BCUT2D eigenvalue weighted by molar-refractivity contribution is 0.607. The average molecular weight is 323 g/mol. The standard InChI is InChI=1S/C15H16Cl2N4/c1-9-14-15(20(3)19-9)21(13(8-16)18-14)10(2)11-5-4-6-12(17)7-11/h4-7,10H,8H2,1-3H3. The number of nitrogens with zero attached hydrogens (tertiary/aromatic N) is 4. The number of rotatable bonds is 3. The van der Waals surface area contributed by atoms with E-state index in [0.29, 0.717) is 5.88 Å². The van der Waals surface area contributed by atoms with E-state index in [1.54, 1.807) is 0 Å². The van der Waals surface area contributed by atoms with E-state index in [2.05, 4.69) is 27.6 Å². The van der Waals surface area contributed by atoms with Crippen LogP contribution in [0.4, 0.5) is 0 Å². The topological polar surface area (TPSA) is 35.6 Å². The molecule has 1 atom stereocenters. The maximum atomic E-state index is 6.11. The van der Waals surface area contributed by atoms with E-state index in [9.17, 15) is 0 Å². The van der Waals surface area contributed by atoms with E-state index < -0.39 is 0 Å². The molecule has 0 aliphatic heterocycles. The van der Waals surface area contributed by atoms with Gasteiger partial charge in [0.15, 0.2) is 5.65 Å². The predicted molar refractivity (Wildman–Crippen MR) is 86.1 cm³/mol. The van der Waals surface area contributed by atoms with Gasteiger partial charge >= 0.3 is 0 Å². The highest BCUT2D eigenvalue weighted by molar-refractivity contribution is 6.30. The zero-order chi connectivity index (χ0) is 15.1. The SMILES string of the molecule is Cc1nn(C)c2c1nc(CCl)n2C(C)c1cccc(Cl)c1. The molecule has 0 fully saturated rings. The number of aryl methyl sites for hydroxylation is 2. The summed E-state index contributed by atoms with van der Waals surface area (Å²) in [6.07, 6.45) is 0. The van der Waals surface area contributed by atoms with E-state index in [0.717, 1.165) is 33.3 Å². The van der Waals surface area contributed by atoms with E-state index >= 15 is 0 Å². The number of hydrogen-bond donors (Lipinski definition) is 0. The number of benzene rings is 1. The Morgan fingerprint density at radius 1 is 1.33 bits per heavy atom. The van der Waals surface area contributed by atoms with Crippen molar-refractivity contribution in [3.05, 3.63) is 46.4 Å². The summed E-state index contributed by atoms with van der Waals surface area (Å²) in [6, 6.07) is 7.94. The highest BCUT2D eigenvalue weighted by Gasteiger charge is 2.21. The molecule has 0 N–H and O–H groups in total. The molecule has 0 spiro atoms. The molecule has 0 aliphatic carbocycles. The van der Waals surface area contributed by atoms with E-state index in [1.165, 1.54) is 0 Å². The third-order valence-corrected chi connectivity index (χ3v) is 4.22. The largest absolute Gasteiger partial charge is 0.305 e. The van der Waals surface area contributed by atoms with E-state index in [1.807, 2.05) is 36.9 Å². The Bertz CT molecular complexity index is 803. The molecule has 2 aromatic heterocycles. The molecule has 4 nitrogen and oxygen atoms in total. The van der Waals surface area contributed by atoms with Gasteiger partial charge < -0.3 is 4.57 Å². The Kier molecular flexibility index (Phi) is 3.68. The first-order chi connectivity index (χ1) is 10.0. The summed E-state index contributed by atoms with van der Waals surface area (Å²) >= 11 is 12.2. The lowest BCUT2D eigenvalue weighted by Crippen LogP contribution is -2.12. The summed E-state index contributed by atoms with van der Waals surface area (Å²) in [4.78, 5) is 4.64. The minimum absolute atomic E-state index is 0.0808. The van der Waals surface area contributed by atoms with E-state index in [-0.39, 0.29) is 6.04 Å². The molecule has 1 unspecified atom stereocenters. The van der Waals surface area contributed by atoms with Crippen LogP contribution in [0.1, 0.15) is 30.0 Å². The van der Waals surface area contributed by atoms with Crippen molar-refractivity contribution in [3.63, 3.8) is 0 Å². The summed E-state index contributed by atoms with van der Waals surface area (Å²) in [5.74, 6) is 1.20. The number of alkyl halides is 1. The van der Waals surface area contributed by atoms with Crippen molar-refractivity contribution in [3.8, 4) is 0 Å². The van der Waals surface area contributed by atoms with Crippen LogP contribution >= 0.6 is 23.2 Å². The molecule has 0 saturated carbocycles. The van der Waals surface area contributed by atoms with Crippen molar-refractivity contribution in [2.75, 3.05) is 0 Å². The van der Waals surface area contributed by atoms with Crippen molar-refractivity contribution in [2.24, 2.45) is 7.05 Å². The maximum Gasteiger partial charge on any atom is 0.159 e. The smallest absolute Gasteiger partial charge is 0.159 e. The van der Waals surface area contributed by atoms with Crippen molar-refractivity contribution in [1.29, 1.82) is 0 Å². The van der Waals surface area contributed by atoms with Crippen LogP contribution in [0.3, 0.4) is 0 Å². The predicted octanol–water partition coefficient (Wildman–Crippen LogP) is 4.08. The third kappa shape index (κ3) is 2.32. The van der Waals surface area contributed by atoms with Gasteiger partial charge in [0.25, 0.3) is 0 Å². The minimum atomic E-state index is 0.0808. The zero-order valence-electron chi connectivity index (χ0n) is 12.1. The molecule has 3 rings (SSSR count). The fourth-order valence-electron chi connectivity index (χ4n) is 2.76. The number of halogens is 2. The Morgan fingerprint density at radius 2 is 2.10 bits per heavy atom. The Labute approximate surface area is 133 Å². The van der Waals surface area contributed by atoms with Gasteiger partial charge in [-0.25, -0.2) is 4.98 Å². The van der Waals surface area contributed by atoms with Crippen molar-refractivity contribution in [2.45, 2.75) is 25.8 Å². The fraction of sp³-hybridized carbons (Fsp3) is 0.333. The number of imidazole rings is 1. The summed E-state index contributed by atoms with van der Waals surface area (Å²) in [5, 5.41) is 5.17. The zero-order valence-corrected chi connectivity index (χ0v) is 13.7. The first-order valence-electron chi connectivity index (χ1n) is 6.74. The second kappa shape index (κ2) is 5.35. The molecule has 2 heterocycles. The molecule has 3 aromatic rings. The lowest BCUT2D eigenvalue weighted by Gasteiger charge is -2.17. The van der Waals surface area contributed by atoms with Crippen LogP contribution in [0.5, 0.6) is 0 Å². The Hall–Kier alpha value is -1.52. The first-order valence-corrected chi connectivity index (χ1v) is 7.66. The van der Waals surface area contributed by atoms with Crippen LogP contribution in [0.2, 0.25) is 5.02 Å². The molecule has 0 saturated heterocycles. The number of fused-ring (bicyclic) bond motifs is 1. The van der Waals surface area contributed by atoms with Gasteiger partial charge in [-0.3, -0.25) is 4.68 Å². The number of aromatic nitrogens is 4. The molecule has 21 heavy (non-hydrogen) atoms. The molecular formula is C15H16Cl2N4. The van der Waals surface area contributed by atoms with Gasteiger partial charge in [0, 0.05) is 12.1 Å². The average Bonchev–Trinajstić information content (AvgIpc) is 2.97. The lowest BCUT2D eigenvalue weighted by atomic mass is 10.1. The molecule has 6 heteroatoms. The normalized spacial score (nSPS) is 13.0. The first kappa shape index (κ1) is 14.4. The van der Waals surface area contributed by atoms with Crippen LogP contribution in [-0.2, 0) is 12.9 Å². The van der Waals surface area contributed by atoms with E-state index in [4.69, 9.17) is 23.2 Å². The van der Waals surface area contributed by atoms with Gasteiger partial charge in [0.1, 0.15) is 11.3 Å². The van der Waals surface area contributed by atoms with Crippen LogP contribution in [0, 0.1) is 6.92 Å². The molecule has 1 aromatic carbocycles. The molecule has 0 aliphatic rings. The Balaban J connectivity index is 2.23. The van der Waals surface area contributed by atoms with Gasteiger partial charge in [-0.05, 0) is 31.5 Å². The van der Waals surface area contributed by atoms with Gasteiger partial charge in [-0.1, -0.05) is 23.7 Å². The van der Waals surface area contributed by atoms with Crippen molar-refractivity contribution < 1.29 is 0 Å². The molecule has 0 radical (unpaired) electrons. The van der Waals surface area contributed by atoms with Crippen LogP contribution in [0.15, 0.2) is 24.3 Å². The highest BCUT2D eigenvalue weighted by atomic mass is 35.5. The summed E-state index contributed by atoms with van der Waals surface area (Å²) in [7, 11) is 1.93. The quantitative estimate of drug-likeness (QED) is 0.681. The van der Waals surface area contributed by atoms with Crippen molar-refractivity contribution >= 4 is 34.4 Å². The third-order valence-electron chi connectivity index (χ3n) is 3.75. The van der Waals surface area contributed by atoms with Gasteiger partial charge in [0.2, 0.25) is 0 Å². The van der Waals surface area contributed by atoms with Crippen LogP contribution in [-0.4, -0.2) is 19.3 Å². The van der Waals surface area contributed by atoms with Gasteiger partial charge in [0.05, 0.1) is 17.6 Å². The molecular weight excluding hydrogens is 307 g/mol. The highest BCUT2D eigenvalue weighted by Crippen LogP contribution is 2.29. The maximum absolute atomic E-state index is 6.11. The van der Waals surface area contributed by atoms with Crippen molar-refractivity contribution in [1.82, 2.24) is 19.3 Å². The minimum Gasteiger partial charge on any atom is -0.305 e. The van der Waals surface area contributed by atoms with Gasteiger partial charge in [-0.2, -0.15) is 5.10 Å². The number of hydrogen-bond acceptors (Lipinski definition) is 2. The molecule has 0 amide bonds. The Morgan fingerprint density at radius 3 is 2.76 bits per heavy atom. The second-order valence-electron chi connectivity index (χ2n) is 5.14. The van der Waals surface area contributed by atoms with Gasteiger partial charge in [-0.15, -0.1) is 11.6 Å². The summed E-state index contributed by atoms with van der Waals surface area (Å²) in [6.45, 7) is 4.08. The molecule has 0 bridgehead atoms. The summed E-state index contributed by atoms with van der Waals surface area (Å²) < 4.78 is 3.99. The fourth-order valence-corrected chi connectivity index (χ4v) is 3.14. The monoisotopic (exact) mass is 322 g/mol. The second-order valence-corrected chi connectivity index (χ2v) is 5.85.